The summed E-state index contributed by atoms with van der Waals surface area (Å²) in [5, 5.41) is 15.6. The third kappa shape index (κ3) is 5.39. The molecule has 13 heteroatoms. The van der Waals surface area contributed by atoms with E-state index < -0.39 is 37.4 Å². The summed E-state index contributed by atoms with van der Waals surface area (Å²) in [6.45, 7) is 0. The number of nitrogens with one attached hydrogen (secondary N) is 2. The molecule has 0 heterocycles. The number of hydrogen-bond donors (Lipinski definition) is 3. The molecule has 34 heavy (non-hydrogen) atoms. The molecular weight excluding hydrogens is 468 g/mol. The molecule has 0 aliphatic carbocycles. The lowest BCUT2D eigenvalue weighted by molar-refractivity contribution is -0.384. The van der Waals surface area contributed by atoms with E-state index >= 15 is 0 Å². The maximum absolute atomic E-state index is 13.2. The zero-order chi connectivity index (χ0) is 24.9. The molecule has 3 amide bonds. The number of urea groups is 1. The van der Waals surface area contributed by atoms with E-state index in [1.807, 2.05) is 0 Å². The molecule has 0 aliphatic rings. The molecule has 0 unspecified atom stereocenters. The number of nitrogens with zero attached hydrogens (tertiary/aromatic N) is 1. The van der Waals surface area contributed by atoms with Crippen LogP contribution in [0.2, 0.25) is 0 Å². The molecule has 3 rings (SSSR count). The van der Waals surface area contributed by atoms with Crippen molar-refractivity contribution in [2.45, 2.75) is 4.90 Å². The standard InChI is InChI=1S/C21H18N4O8S/c1-32-17-7-3-2-5-15(17)23-20(26)19-16(24-21(22)27)6-4-8-18(19)34(30,31)33-14-11-9-13(10-12-14)25(28)29/h2-12H,1H3,(H,23,26)(H3,22,24,27). The Morgan fingerprint density at radius 1 is 0.941 bits per heavy atom. The van der Waals surface area contributed by atoms with E-state index in [0.29, 0.717) is 5.75 Å². The van der Waals surface area contributed by atoms with Crippen LogP contribution in [0.1, 0.15) is 10.4 Å². The Balaban J connectivity index is 2.05. The summed E-state index contributed by atoms with van der Waals surface area (Å²) < 4.78 is 36.4. The molecule has 12 nitrogen and oxygen atoms in total. The van der Waals surface area contributed by atoms with Crippen LogP contribution in [0, 0.1) is 10.1 Å². The van der Waals surface area contributed by atoms with Gasteiger partial charge in [-0.1, -0.05) is 18.2 Å². The van der Waals surface area contributed by atoms with Crippen LogP contribution >= 0.6 is 0 Å². The van der Waals surface area contributed by atoms with Gasteiger partial charge in [-0.3, -0.25) is 14.9 Å². The van der Waals surface area contributed by atoms with E-state index in [1.165, 1.54) is 25.3 Å². The number of anilines is 2. The Bertz CT molecular complexity index is 1360. The van der Waals surface area contributed by atoms with Crippen molar-refractivity contribution >= 4 is 39.1 Å². The number of primary amides is 1. The number of benzene rings is 3. The molecule has 3 aromatic carbocycles. The van der Waals surface area contributed by atoms with E-state index in [4.69, 9.17) is 14.7 Å². The van der Waals surface area contributed by atoms with Gasteiger partial charge in [0.15, 0.2) is 0 Å². The van der Waals surface area contributed by atoms with E-state index in [1.54, 1.807) is 18.2 Å². The van der Waals surface area contributed by atoms with Crippen molar-refractivity contribution in [1.29, 1.82) is 0 Å². The summed E-state index contributed by atoms with van der Waals surface area (Å²) in [6, 6.07) is 13.3. The van der Waals surface area contributed by atoms with Gasteiger partial charge in [0.25, 0.3) is 11.6 Å². The van der Waals surface area contributed by atoms with Crippen LogP contribution in [0.15, 0.2) is 71.6 Å². The molecule has 0 fully saturated rings. The van der Waals surface area contributed by atoms with Crippen molar-refractivity contribution in [2.75, 3.05) is 17.7 Å². The SMILES string of the molecule is COc1ccccc1NC(=O)c1c(NC(N)=O)cccc1S(=O)(=O)Oc1ccc([N+](=O)[O-])cc1. The Kier molecular flexibility index (Phi) is 6.97. The topological polar surface area (TPSA) is 180 Å². The largest absolute Gasteiger partial charge is 0.495 e. The number of carbonyl (C=O) groups excluding carboxylic acids is 2. The maximum Gasteiger partial charge on any atom is 0.340 e. The Labute approximate surface area is 193 Å². The van der Waals surface area contributed by atoms with Crippen LogP contribution < -0.4 is 25.3 Å². The average Bonchev–Trinajstić information content (AvgIpc) is 2.79. The van der Waals surface area contributed by atoms with Crippen LogP contribution in [-0.4, -0.2) is 32.4 Å². The van der Waals surface area contributed by atoms with Gasteiger partial charge in [-0.05, 0) is 36.4 Å². The second-order valence-corrected chi connectivity index (χ2v) is 8.13. The lowest BCUT2D eigenvalue weighted by Crippen LogP contribution is -2.25. The van der Waals surface area contributed by atoms with E-state index in [0.717, 1.165) is 30.3 Å². The highest BCUT2D eigenvalue weighted by Crippen LogP contribution is 2.30. The molecule has 0 saturated carbocycles. The Morgan fingerprint density at radius 3 is 2.21 bits per heavy atom. The summed E-state index contributed by atoms with van der Waals surface area (Å²) in [6.07, 6.45) is 0. The highest BCUT2D eigenvalue weighted by atomic mass is 32.2. The molecule has 0 radical (unpaired) electrons. The van der Waals surface area contributed by atoms with Crippen molar-refractivity contribution < 1.29 is 31.9 Å². The smallest absolute Gasteiger partial charge is 0.340 e. The molecule has 0 aromatic heterocycles. The minimum absolute atomic E-state index is 0.187. The zero-order valence-corrected chi connectivity index (χ0v) is 18.4. The molecule has 0 atom stereocenters. The van der Waals surface area contributed by atoms with Crippen molar-refractivity contribution in [1.82, 2.24) is 0 Å². The maximum atomic E-state index is 13.2. The third-order valence-electron chi connectivity index (χ3n) is 4.39. The van der Waals surface area contributed by atoms with Crippen LogP contribution in [-0.2, 0) is 10.1 Å². The zero-order valence-electron chi connectivity index (χ0n) is 17.5. The first kappa shape index (κ1) is 24.0. The van der Waals surface area contributed by atoms with Gasteiger partial charge in [-0.15, -0.1) is 0 Å². The predicted molar refractivity (Wildman–Crippen MR) is 122 cm³/mol. The summed E-state index contributed by atoms with van der Waals surface area (Å²) in [5.74, 6) is -0.822. The van der Waals surface area contributed by atoms with Gasteiger partial charge in [0.2, 0.25) is 0 Å². The first-order valence-electron chi connectivity index (χ1n) is 9.45. The molecule has 176 valence electrons. The first-order valence-corrected chi connectivity index (χ1v) is 10.9. The second-order valence-electron chi connectivity index (χ2n) is 6.61. The van der Waals surface area contributed by atoms with Crippen molar-refractivity contribution in [3.05, 3.63) is 82.4 Å². The summed E-state index contributed by atoms with van der Waals surface area (Å²) in [5.41, 5.74) is 4.51. The molecule has 0 bridgehead atoms. The number of carbonyl (C=O) groups is 2. The monoisotopic (exact) mass is 486 g/mol. The average molecular weight is 486 g/mol. The molecular formula is C21H18N4O8S. The van der Waals surface area contributed by atoms with Gasteiger partial charge in [-0.25, -0.2) is 4.79 Å². The lowest BCUT2D eigenvalue weighted by atomic mass is 10.1. The fourth-order valence-corrected chi connectivity index (χ4v) is 4.09. The number of non-ortho nitro benzene ring substituents is 1. The van der Waals surface area contributed by atoms with Gasteiger partial charge in [-0.2, -0.15) is 8.42 Å². The van der Waals surface area contributed by atoms with Crippen molar-refractivity contribution in [3.63, 3.8) is 0 Å². The number of rotatable bonds is 8. The number of methoxy groups -OCH3 is 1. The van der Waals surface area contributed by atoms with Gasteiger partial charge in [0.05, 0.1) is 29.0 Å². The number of nitro benzene ring substituents is 1. The van der Waals surface area contributed by atoms with Crippen molar-refractivity contribution in [3.8, 4) is 11.5 Å². The minimum atomic E-state index is -4.64. The number of nitrogens with two attached hydrogens (primary N) is 1. The van der Waals surface area contributed by atoms with Crippen LogP contribution in [0.25, 0.3) is 0 Å². The highest BCUT2D eigenvalue weighted by molar-refractivity contribution is 7.87. The van der Waals surface area contributed by atoms with Crippen LogP contribution in [0.4, 0.5) is 21.9 Å². The summed E-state index contributed by atoms with van der Waals surface area (Å²) >= 11 is 0. The van der Waals surface area contributed by atoms with Gasteiger partial charge in [0, 0.05) is 12.1 Å². The lowest BCUT2D eigenvalue weighted by Gasteiger charge is -2.16. The fraction of sp³-hybridized carbons (Fsp3) is 0.0476. The Hall–Kier alpha value is -4.65. The first-order chi connectivity index (χ1) is 16.1. The fourth-order valence-electron chi connectivity index (χ4n) is 2.94. The van der Waals surface area contributed by atoms with Gasteiger partial charge < -0.3 is 25.3 Å². The number of para-hydroxylation sites is 2. The Morgan fingerprint density at radius 2 is 1.59 bits per heavy atom. The molecule has 4 N–H and O–H groups in total. The second kappa shape index (κ2) is 9.87. The van der Waals surface area contributed by atoms with Crippen LogP contribution in [0.5, 0.6) is 11.5 Å². The molecule has 0 saturated heterocycles. The van der Waals surface area contributed by atoms with Crippen LogP contribution in [0.3, 0.4) is 0 Å². The normalized spacial score (nSPS) is 10.7. The quantitative estimate of drug-likeness (QED) is 0.247. The molecule has 0 spiro atoms. The number of ether oxygens (including phenoxy) is 1. The summed E-state index contributed by atoms with van der Waals surface area (Å²) in [7, 11) is -3.25. The van der Waals surface area contributed by atoms with Gasteiger partial charge >= 0.3 is 16.1 Å². The highest BCUT2D eigenvalue weighted by Gasteiger charge is 2.28. The summed E-state index contributed by atoms with van der Waals surface area (Å²) in [4.78, 5) is 34.2. The molecule has 0 aliphatic heterocycles. The van der Waals surface area contributed by atoms with E-state index in [2.05, 4.69) is 10.6 Å². The van der Waals surface area contributed by atoms with E-state index in [9.17, 15) is 28.1 Å². The predicted octanol–water partition coefficient (Wildman–Crippen LogP) is 3.11. The minimum Gasteiger partial charge on any atom is -0.495 e. The number of nitro groups is 1. The van der Waals surface area contributed by atoms with Crippen molar-refractivity contribution in [2.24, 2.45) is 5.73 Å². The third-order valence-corrected chi connectivity index (χ3v) is 5.68. The molecule has 3 aromatic rings. The number of hydrogen-bond acceptors (Lipinski definition) is 8. The van der Waals surface area contributed by atoms with Gasteiger partial charge in [0.1, 0.15) is 16.4 Å². The number of amides is 3. The van der Waals surface area contributed by atoms with E-state index in [-0.39, 0.29) is 22.8 Å².